The molecule has 6 unspecified atom stereocenters. The molecular formula is C51H42N2O12S2. The van der Waals surface area contributed by atoms with Crippen molar-refractivity contribution in [3.8, 4) is 35.1 Å². The van der Waals surface area contributed by atoms with Crippen LogP contribution in [0.3, 0.4) is 0 Å². The van der Waals surface area contributed by atoms with E-state index < -0.39 is 29.7 Å². The molecule has 0 N–H and O–H groups in total. The number of hydrogen-bond donors (Lipinski definition) is 0. The maximum atomic E-state index is 14.4. The van der Waals surface area contributed by atoms with Gasteiger partial charge in [-0.3, -0.25) is 0 Å². The molecule has 5 aliphatic rings. The second kappa shape index (κ2) is 18.8. The number of nitriles is 2. The van der Waals surface area contributed by atoms with E-state index in [2.05, 4.69) is 24.3 Å². The zero-order valence-electron chi connectivity index (χ0n) is 36.7. The molecule has 1 aliphatic heterocycles. The van der Waals surface area contributed by atoms with Gasteiger partial charge in [-0.15, -0.1) is 0 Å². The molecule has 0 saturated heterocycles. The summed E-state index contributed by atoms with van der Waals surface area (Å²) < 4.78 is 44.7. The number of carbonyl (C=O) groups is 4. The number of esters is 2. The first-order chi connectivity index (χ1) is 32.5. The number of hydrogen-bond acceptors (Lipinski definition) is 16. The smallest absolute Gasteiger partial charge is 0.434 e. The Morgan fingerprint density at radius 1 is 0.701 bits per heavy atom. The molecule has 1 fully saturated rings. The molecule has 0 amide bonds. The first-order valence-corrected chi connectivity index (χ1v) is 23.1. The van der Waals surface area contributed by atoms with Crippen molar-refractivity contribution in [3.63, 3.8) is 0 Å². The van der Waals surface area contributed by atoms with Crippen molar-refractivity contribution < 1.29 is 57.1 Å². The predicted molar refractivity (Wildman–Crippen MR) is 243 cm³/mol. The summed E-state index contributed by atoms with van der Waals surface area (Å²) >= 11 is 2.21. The molecule has 16 heteroatoms. The molecule has 67 heavy (non-hydrogen) atoms. The number of methoxy groups -OCH3 is 2. The number of carbonyl (C=O) groups excluding carboxylic acids is 4. The van der Waals surface area contributed by atoms with Crippen LogP contribution in [0.5, 0.6) is 23.0 Å². The largest absolute Gasteiger partial charge is 0.513 e. The Labute approximate surface area is 394 Å². The highest BCUT2D eigenvalue weighted by Crippen LogP contribution is 2.83. The fourth-order valence-corrected chi connectivity index (χ4v) is 12.1. The van der Waals surface area contributed by atoms with E-state index in [-0.39, 0.29) is 82.9 Å². The summed E-state index contributed by atoms with van der Waals surface area (Å²) in [6, 6.07) is 23.9. The Hall–Kier alpha value is -6.82. The van der Waals surface area contributed by atoms with Crippen molar-refractivity contribution >= 4 is 47.8 Å². The molecule has 4 aliphatic carbocycles. The third-order valence-electron chi connectivity index (χ3n) is 12.9. The second-order valence-corrected chi connectivity index (χ2v) is 18.7. The van der Waals surface area contributed by atoms with Crippen LogP contribution >= 0.6 is 23.5 Å². The van der Waals surface area contributed by atoms with E-state index in [4.69, 9.17) is 37.9 Å². The van der Waals surface area contributed by atoms with Crippen LogP contribution in [0.1, 0.15) is 87.9 Å². The minimum Gasteiger partial charge on any atom is -0.434 e. The Kier molecular flexibility index (Phi) is 12.7. The minimum atomic E-state index is -0.902. The van der Waals surface area contributed by atoms with E-state index in [1.54, 1.807) is 14.2 Å². The first kappa shape index (κ1) is 45.3. The minimum absolute atomic E-state index is 0.0997. The van der Waals surface area contributed by atoms with Crippen LogP contribution in [-0.4, -0.2) is 63.9 Å². The Morgan fingerprint density at radius 3 is 1.72 bits per heavy atom. The van der Waals surface area contributed by atoms with Gasteiger partial charge in [-0.2, -0.15) is 10.5 Å². The van der Waals surface area contributed by atoms with Crippen molar-refractivity contribution in [2.24, 2.45) is 5.92 Å². The number of rotatable bonds is 14. The molecular weight excluding hydrogens is 897 g/mol. The normalized spacial score (nSPS) is 20.4. The van der Waals surface area contributed by atoms with Crippen molar-refractivity contribution in [2.45, 2.75) is 72.4 Å². The molecule has 4 aromatic carbocycles. The highest BCUT2D eigenvalue weighted by molar-refractivity contribution is 8.24. The lowest BCUT2D eigenvalue weighted by atomic mass is 9.37. The van der Waals surface area contributed by atoms with E-state index in [9.17, 15) is 29.7 Å². The Morgan fingerprint density at radius 2 is 1.21 bits per heavy atom. The number of thioether (sulfide) groups is 2. The fraction of sp³-hybridized carbons (Fsp3) is 0.294. The van der Waals surface area contributed by atoms with Crippen molar-refractivity contribution in [3.05, 3.63) is 140 Å². The van der Waals surface area contributed by atoms with E-state index >= 15 is 0 Å². The second-order valence-electron chi connectivity index (χ2n) is 16.4. The summed E-state index contributed by atoms with van der Waals surface area (Å²) in [5, 5.41) is 20.1. The van der Waals surface area contributed by atoms with Crippen LogP contribution in [-0.2, 0) is 24.4 Å². The van der Waals surface area contributed by atoms with Crippen LogP contribution in [0.4, 0.5) is 9.59 Å². The quantitative estimate of drug-likeness (QED) is 0.0502. The van der Waals surface area contributed by atoms with E-state index in [0.29, 0.717) is 38.0 Å². The van der Waals surface area contributed by atoms with Gasteiger partial charge in [0.25, 0.3) is 0 Å². The molecule has 6 atom stereocenters. The van der Waals surface area contributed by atoms with Crippen LogP contribution in [0.2, 0.25) is 0 Å². The molecule has 340 valence electrons. The number of fused-ring (bicyclic) bond motifs is 8. The van der Waals surface area contributed by atoms with Gasteiger partial charge < -0.3 is 37.9 Å². The van der Waals surface area contributed by atoms with Gasteiger partial charge in [-0.05, 0) is 85.8 Å². The highest BCUT2D eigenvalue weighted by atomic mass is 32.2. The van der Waals surface area contributed by atoms with E-state index in [1.165, 1.54) is 54.1 Å². The standard InChI is InChI=1S/C51H42N2O12S2/c1-27(58-3)21-23-60-49(56)62-32-17-13-29(14-18-32)46(54)64-42-38-39(41-35-10-6-8-12-37(35)51(41)36-11-7-5-9-34(36)40(38)51)43(45-44(42)66-48(67-45)31(25-52)26-53)65-47(55)30-15-19-33(20-16-30)63-50(57)61-24-22-28(2)59-4/h5-11,13-20,27-28,37,40-41H,12,21-24H2,1-4H3. The van der Waals surface area contributed by atoms with Gasteiger partial charge in [0.2, 0.25) is 0 Å². The monoisotopic (exact) mass is 938 g/mol. The highest BCUT2D eigenvalue weighted by Gasteiger charge is 2.75. The topological polar surface area (TPSA) is 190 Å². The summed E-state index contributed by atoms with van der Waals surface area (Å²) in [6.45, 7) is 3.90. The van der Waals surface area contributed by atoms with Gasteiger partial charge in [-0.1, -0.05) is 71.6 Å². The summed E-state index contributed by atoms with van der Waals surface area (Å²) in [5.41, 5.74) is 4.48. The van der Waals surface area contributed by atoms with Crippen LogP contribution < -0.4 is 18.9 Å². The molecule has 1 heterocycles. The zero-order valence-corrected chi connectivity index (χ0v) is 38.3. The van der Waals surface area contributed by atoms with Gasteiger partial charge in [0.1, 0.15) is 29.2 Å². The lowest BCUT2D eigenvalue weighted by Gasteiger charge is -2.64. The van der Waals surface area contributed by atoms with Crippen molar-refractivity contribution in [2.75, 3.05) is 27.4 Å². The summed E-state index contributed by atoms with van der Waals surface area (Å²) in [4.78, 5) is 54.3. The molecule has 4 aromatic rings. The first-order valence-electron chi connectivity index (χ1n) is 21.5. The Bertz CT molecular complexity index is 2860. The maximum absolute atomic E-state index is 14.4. The SMILES string of the molecule is COC(C)CCOC(=O)Oc1ccc(C(=O)Oc2c3c(c(OC(=O)c4ccc(OC(=O)OCCC(C)OC)cc4)c4c2C2C5=CC=CCC5C25c2ccccc2C45)SC(=C(C#N)C#N)S3)cc1. The summed E-state index contributed by atoms with van der Waals surface area (Å²) in [7, 11) is 3.14. The van der Waals surface area contributed by atoms with Gasteiger partial charge >= 0.3 is 24.2 Å². The number of ether oxygens (including phenoxy) is 8. The van der Waals surface area contributed by atoms with E-state index in [0.717, 1.165) is 41.1 Å². The average Bonchev–Trinajstić information content (AvgIpc) is 3.86. The molecule has 14 nitrogen and oxygen atoms in total. The summed E-state index contributed by atoms with van der Waals surface area (Å²) in [5.74, 6) is -1.04. The van der Waals surface area contributed by atoms with Gasteiger partial charge in [0.15, 0.2) is 11.5 Å². The fourth-order valence-electron chi connectivity index (χ4n) is 9.59. The van der Waals surface area contributed by atoms with Crippen molar-refractivity contribution in [1.82, 2.24) is 0 Å². The summed E-state index contributed by atoms with van der Waals surface area (Å²) in [6.07, 6.45) is 6.05. The number of allylic oxidation sites excluding steroid dienone is 5. The zero-order chi connectivity index (χ0) is 47.0. The van der Waals surface area contributed by atoms with Crippen LogP contribution in [0.15, 0.2) is 116 Å². The third kappa shape index (κ3) is 8.04. The van der Waals surface area contributed by atoms with Crippen molar-refractivity contribution in [1.29, 1.82) is 10.5 Å². The van der Waals surface area contributed by atoms with E-state index in [1.807, 2.05) is 44.2 Å². The number of nitrogens with zero attached hydrogens (tertiary/aromatic N) is 2. The van der Waals surface area contributed by atoms with Gasteiger partial charge in [0.05, 0.1) is 50.6 Å². The molecule has 0 aromatic heterocycles. The molecule has 9 rings (SSSR count). The molecule has 1 spiro atoms. The van der Waals surface area contributed by atoms with Gasteiger partial charge in [0, 0.05) is 55.4 Å². The lowest BCUT2D eigenvalue weighted by Crippen LogP contribution is -2.59. The molecule has 0 radical (unpaired) electrons. The molecule has 0 bridgehead atoms. The third-order valence-corrected chi connectivity index (χ3v) is 15.5. The number of benzene rings is 4. The van der Waals surface area contributed by atoms with Gasteiger partial charge in [-0.25, -0.2) is 19.2 Å². The average molecular weight is 939 g/mol. The van der Waals surface area contributed by atoms with Crippen LogP contribution in [0, 0.1) is 28.6 Å². The predicted octanol–water partition coefficient (Wildman–Crippen LogP) is 10.5. The molecule has 1 saturated carbocycles. The lowest BCUT2D eigenvalue weighted by molar-refractivity contribution is 0.0618. The van der Waals surface area contributed by atoms with Crippen LogP contribution in [0.25, 0.3) is 0 Å². The Balaban J connectivity index is 1.09. The maximum Gasteiger partial charge on any atom is 0.513 e.